The number of hydrogen-bond donors (Lipinski definition) is 1. The van der Waals surface area contributed by atoms with Crippen molar-refractivity contribution in [2.24, 2.45) is 5.92 Å². The molecule has 0 saturated heterocycles. The third-order valence-electron chi connectivity index (χ3n) is 4.78. The minimum absolute atomic E-state index is 0.0477. The molecular weight excluding hydrogens is 404 g/mol. The lowest BCUT2D eigenvalue weighted by Crippen LogP contribution is -2.21. The highest BCUT2D eigenvalue weighted by atomic mass is 16.6. The molecule has 7 heteroatoms. The van der Waals surface area contributed by atoms with E-state index in [1.54, 1.807) is 13.2 Å². The lowest BCUT2D eigenvalue weighted by Gasteiger charge is -2.16. The van der Waals surface area contributed by atoms with Gasteiger partial charge >= 0.3 is 0 Å². The molecule has 1 amide bonds. The van der Waals surface area contributed by atoms with Gasteiger partial charge in [0.2, 0.25) is 0 Å². The average molecular weight is 433 g/mol. The number of amides is 1. The molecule has 0 radical (unpaired) electrons. The number of hydrogen-bond acceptors (Lipinski definition) is 5. The van der Waals surface area contributed by atoms with E-state index in [0.717, 1.165) is 16.9 Å². The second-order valence-electron chi connectivity index (χ2n) is 7.56. The number of aromatic nitrogens is 3. The monoisotopic (exact) mass is 432 g/mol. The minimum Gasteiger partial charge on any atom is -0.497 e. The third-order valence-corrected chi connectivity index (χ3v) is 4.78. The summed E-state index contributed by atoms with van der Waals surface area (Å²) in [6.07, 6.45) is 8.99. The SMILES string of the molecule is COc1ccc(CONC(=O)/C=C/c2cn(C(/C=C/c3ccccc3)C(C)C)nn2)cc1. The topological polar surface area (TPSA) is 78.3 Å². The molecule has 1 N–H and O–H groups in total. The molecule has 0 spiro atoms. The predicted octanol–water partition coefficient (Wildman–Crippen LogP) is 4.46. The molecule has 0 saturated carbocycles. The molecule has 1 aromatic heterocycles. The van der Waals surface area contributed by atoms with Crippen LogP contribution in [0.1, 0.15) is 36.7 Å². The van der Waals surface area contributed by atoms with E-state index < -0.39 is 0 Å². The van der Waals surface area contributed by atoms with Crippen molar-refractivity contribution in [3.63, 3.8) is 0 Å². The molecule has 0 aliphatic carbocycles. The fourth-order valence-corrected chi connectivity index (χ4v) is 3.01. The molecule has 32 heavy (non-hydrogen) atoms. The Hall–Kier alpha value is -3.71. The molecule has 3 aromatic rings. The summed E-state index contributed by atoms with van der Waals surface area (Å²) in [7, 11) is 1.61. The first-order valence-electron chi connectivity index (χ1n) is 10.4. The Morgan fingerprint density at radius 1 is 1.09 bits per heavy atom. The van der Waals surface area contributed by atoms with Crippen LogP contribution in [0.5, 0.6) is 5.75 Å². The molecule has 1 heterocycles. The van der Waals surface area contributed by atoms with Crippen LogP contribution in [0.25, 0.3) is 12.2 Å². The Bertz CT molecular complexity index is 1040. The van der Waals surface area contributed by atoms with Crippen LogP contribution in [0.3, 0.4) is 0 Å². The van der Waals surface area contributed by atoms with E-state index in [-0.39, 0.29) is 18.6 Å². The van der Waals surface area contributed by atoms with Crippen LogP contribution >= 0.6 is 0 Å². The number of carbonyl (C=O) groups is 1. The average Bonchev–Trinajstić information content (AvgIpc) is 3.27. The third kappa shape index (κ3) is 6.92. The van der Waals surface area contributed by atoms with Crippen LogP contribution in [-0.2, 0) is 16.2 Å². The van der Waals surface area contributed by atoms with Gasteiger partial charge in [0.25, 0.3) is 5.91 Å². The van der Waals surface area contributed by atoms with E-state index in [1.807, 2.05) is 53.3 Å². The molecule has 0 aliphatic heterocycles. The van der Waals surface area contributed by atoms with Crippen molar-refractivity contribution in [3.05, 3.63) is 89.8 Å². The normalized spacial score (nSPS) is 12.5. The summed E-state index contributed by atoms with van der Waals surface area (Å²) in [6, 6.07) is 17.6. The Kier molecular flexibility index (Phi) is 8.34. The molecule has 0 fully saturated rings. The maximum absolute atomic E-state index is 12.0. The van der Waals surface area contributed by atoms with Crippen molar-refractivity contribution in [1.82, 2.24) is 20.5 Å². The molecule has 3 rings (SSSR count). The van der Waals surface area contributed by atoms with Crippen molar-refractivity contribution in [3.8, 4) is 5.75 Å². The fourth-order valence-electron chi connectivity index (χ4n) is 3.01. The van der Waals surface area contributed by atoms with E-state index in [2.05, 4.69) is 53.9 Å². The number of methoxy groups -OCH3 is 1. The van der Waals surface area contributed by atoms with E-state index in [0.29, 0.717) is 11.6 Å². The van der Waals surface area contributed by atoms with Gasteiger partial charge in [0.05, 0.1) is 26.0 Å². The van der Waals surface area contributed by atoms with Gasteiger partial charge in [0.15, 0.2) is 0 Å². The van der Waals surface area contributed by atoms with Crippen LogP contribution in [0.4, 0.5) is 0 Å². The summed E-state index contributed by atoms with van der Waals surface area (Å²) < 4.78 is 6.92. The lowest BCUT2D eigenvalue weighted by atomic mass is 10.0. The maximum atomic E-state index is 12.0. The van der Waals surface area contributed by atoms with Gasteiger partial charge in [-0.2, -0.15) is 0 Å². The van der Waals surface area contributed by atoms with E-state index >= 15 is 0 Å². The first-order valence-corrected chi connectivity index (χ1v) is 10.4. The molecule has 7 nitrogen and oxygen atoms in total. The number of allylic oxidation sites excluding steroid dienone is 1. The Morgan fingerprint density at radius 2 is 1.84 bits per heavy atom. The van der Waals surface area contributed by atoms with Gasteiger partial charge in [-0.1, -0.05) is 73.7 Å². The Balaban J connectivity index is 1.53. The summed E-state index contributed by atoms with van der Waals surface area (Å²) in [5.74, 6) is 0.713. The number of carbonyl (C=O) groups excluding carboxylic acids is 1. The second kappa shape index (κ2) is 11.6. The molecule has 2 aromatic carbocycles. The van der Waals surface area contributed by atoms with Crippen LogP contribution in [0.2, 0.25) is 0 Å². The van der Waals surface area contributed by atoms with Crippen molar-refractivity contribution in [2.75, 3.05) is 7.11 Å². The van der Waals surface area contributed by atoms with Gasteiger partial charge in [-0.05, 0) is 35.3 Å². The van der Waals surface area contributed by atoms with Gasteiger partial charge in [-0.3, -0.25) is 9.63 Å². The Labute approximate surface area is 188 Å². The Morgan fingerprint density at radius 3 is 2.53 bits per heavy atom. The molecule has 0 aliphatic rings. The zero-order valence-corrected chi connectivity index (χ0v) is 18.5. The van der Waals surface area contributed by atoms with Gasteiger partial charge in [0, 0.05) is 6.08 Å². The second-order valence-corrected chi connectivity index (χ2v) is 7.56. The lowest BCUT2D eigenvalue weighted by molar-refractivity contribution is -0.129. The summed E-state index contributed by atoms with van der Waals surface area (Å²) in [6.45, 7) is 4.51. The largest absolute Gasteiger partial charge is 0.497 e. The summed E-state index contributed by atoms with van der Waals surface area (Å²) in [5, 5.41) is 8.39. The van der Waals surface area contributed by atoms with Crippen LogP contribution in [0, 0.1) is 5.92 Å². The number of rotatable bonds is 10. The predicted molar refractivity (Wildman–Crippen MR) is 124 cm³/mol. The van der Waals surface area contributed by atoms with Crippen LogP contribution in [0.15, 0.2) is 72.9 Å². The number of nitrogens with zero attached hydrogens (tertiary/aromatic N) is 3. The number of nitrogens with one attached hydrogen (secondary N) is 1. The highest BCUT2D eigenvalue weighted by Crippen LogP contribution is 2.20. The van der Waals surface area contributed by atoms with Crippen LogP contribution in [-0.4, -0.2) is 28.0 Å². The highest BCUT2D eigenvalue weighted by Gasteiger charge is 2.14. The highest BCUT2D eigenvalue weighted by molar-refractivity contribution is 5.90. The number of hydroxylamine groups is 1. The first kappa shape index (κ1) is 23.0. The van der Waals surface area contributed by atoms with E-state index in [1.165, 1.54) is 6.08 Å². The minimum atomic E-state index is -0.377. The summed E-state index contributed by atoms with van der Waals surface area (Å²) in [5.41, 5.74) is 5.03. The van der Waals surface area contributed by atoms with Gasteiger partial charge in [0.1, 0.15) is 11.4 Å². The molecule has 166 valence electrons. The van der Waals surface area contributed by atoms with Crippen molar-refractivity contribution < 1.29 is 14.4 Å². The van der Waals surface area contributed by atoms with Gasteiger partial charge in [-0.15, -0.1) is 5.10 Å². The summed E-state index contributed by atoms with van der Waals surface area (Å²) >= 11 is 0. The summed E-state index contributed by atoms with van der Waals surface area (Å²) in [4.78, 5) is 17.3. The van der Waals surface area contributed by atoms with Crippen molar-refractivity contribution in [1.29, 1.82) is 0 Å². The standard InChI is InChI=1S/C25H28N4O3/c1-19(2)24(15-11-20-7-5-4-6-8-20)29-17-22(26-28-29)12-16-25(30)27-32-18-21-9-13-23(31-3)14-10-21/h4-17,19,24H,18H2,1-3H3,(H,27,30)/b15-11+,16-12+. The first-order chi connectivity index (χ1) is 15.5. The van der Waals surface area contributed by atoms with E-state index in [4.69, 9.17) is 9.57 Å². The van der Waals surface area contributed by atoms with Crippen LogP contribution < -0.4 is 10.2 Å². The fraction of sp³-hybridized carbons (Fsp3) is 0.240. The molecule has 1 unspecified atom stereocenters. The molecule has 1 atom stereocenters. The quantitative estimate of drug-likeness (QED) is 0.378. The van der Waals surface area contributed by atoms with Gasteiger partial charge in [-0.25, -0.2) is 10.2 Å². The number of ether oxygens (including phenoxy) is 1. The van der Waals surface area contributed by atoms with E-state index in [9.17, 15) is 4.79 Å². The maximum Gasteiger partial charge on any atom is 0.267 e. The molecular formula is C25H28N4O3. The molecule has 0 bridgehead atoms. The number of benzene rings is 2. The van der Waals surface area contributed by atoms with Gasteiger partial charge < -0.3 is 4.74 Å². The smallest absolute Gasteiger partial charge is 0.267 e. The zero-order valence-electron chi connectivity index (χ0n) is 18.5. The van der Waals surface area contributed by atoms with Crippen molar-refractivity contribution >= 4 is 18.1 Å². The zero-order chi connectivity index (χ0) is 22.8. The van der Waals surface area contributed by atoms with Crippen molar-refractivity contribution in [2.45, 2.75) is 26.5 Å².